The van der Waals surface area contributed by atoms with Crippen molar-refractivity contribution in [2.45, 2.75) is 71.4 Å². The summed E-state index contributed by atoms with van der Waals surface area (Å²) in [6, 6.07) is 12.3. The van der Waals surface area contributed by atoms with Gasteiger partial charge in [-0.2, -0.15) is 0 Å². The molecule has 1 fully saturated rings. The molecule has 6 atom stereocenters. The number of ether oxygens (including phenoxy) is 6. The number of halogens is 1. The normalized spacial score (nSPS) is 24.0. The Morgan fingerprint density at radius 2 is 1.48 bits per heavy atom. The molecule has 0 aliphatic carbocycles. The number of rotatable bonds is 10. The first-order valence-corrected chi connectivity index (χ1v) is 14.6. The third-order valence-corrected chi connectivity index (χ3v) is 7.25. The Morgan fingerprint density at radius 3 is 2.02 bits per heavy atom. The zero-order chi connectivity index (χ0) is 33.7. The summed E-state index contributed by atoms with van der Waals surface area (Å²) in [4.78, 5) is 64.0. The van der Waals surface area contributed by atoms with Gasteiger partial charge in [0.15, 0.2) is 30.0 Å². The van der Waals surface area contributed by atoms with E-state index in [0.29, 0.717) is 22.0 Å². The molecule has 2 heterocycles. The van der Waals surface area contributed by atoms with Crippen molar-refractivity contribution in [1.82, 2.24) is 4.90 Å². The molecule has 0 N–H and O–H groups in total. The van der Waals surface area contributed by atoms with E-state index in [0.717, 1.165) is 20.8 Å². The molecule has 0 saturated carbocycles. The summed E-state index contributed by atoms with van der Waals surface area (Å²) >= 11 is 6.35. The molecular formula is C31H34ClN3O11. The topological polar surface area (TPSA) is 160 Å². The summed E-state index contributed by atoms with van der Waals surface area (Å²) in [6.07, 6.45) is -6.59. The van der Waals surface area contributed by atoms with Gasteiger partial charge in [-0.05, 0) is 35.9 Å². The van der Waals surface area contributed by atoms with E-state index in [2.05, 4.69) is 5.10 Å². The van der Waals surface area contributed by atoms with Gasteiger partial charge in [0.05, 0.1) is 12.8 Å². The number of anilines is 1. The molecular weight excluding hydrogens is 626 g/mol. The van der Waals surface area contributed by atoms with Crippen molar-refractivity contribution in [3.05, 3.63) is 59.1 Å². The van der Waals surface area contributed by atoms with E-state index in [-0.39, 0.29) is 5.84 Å². The Bertz CT molecular complexity index is 1520. The average Bonchev–Trinajstić information content (AvgIpc) is 3.37. The number of benzene rings is 2. The van der Waals surface area contributed by atoms with Crippen LogP contribution in [0.3, 0.4) is 0 Å². The summed E-state index contributed by atoms with van der Waals surface area (Å²) in [7, 11) is 1.51. The molecule has 15 heteroatoms. The summed E-state index contributed by atoms with van der Waals surface area (Å²) in [5.74, 6) is -3.06. The van der Waals surface area contributed by atoms with Gasteiger partial charge in [0, 0.05) is 39.6 Å². The van der Waals surface area contributed by atoms with Crippen LogP contribution in [-0.4, -0.2) is 84.8 Å². The van der Waals surface area contributed by atoms with Crippen LogP contribution in [0.15, 0.2) is 53.6 Å². The number of nitrogens with zero attached hydrogens (tertiary/aromatic N) is 3. The van der Waals surface area contributed by atoms with Gasteiger partial charge < -0.3 is 33.3 Å². The Labute approximate surface area is 270 Å². The molecule has 14 nitrogen and oxygen atoms in total. The lowest BCUT2D eigenvalue weighted by atomic mass is 9.93. The molecule has 2 aromatic rings. The molecule has 2 aromatic carbocycles. The Kier molecular flexibility index (Phi) is 10.9. The minimum Gasteiger partial charge on any atom is -0.497 e. The first kappa shape index (κ1) is 34.2. The Morgan fingerprint density at radius 1 is 0.848 bits per heavy atom. The van der Waals surface area contributed by atoms with Gasteiger partial charge in [-0.3, -0.25) is 24.0 Å². The highest BCUT2D eigenvalue weighted by atomic mass is 35.5. The second kappa shape index (κ2) is 14.6. The molecule has 2 aliphatic heterocycles. The van der Waals surface area contributed by atoms with E-state index in [1.165, 1.54) is 30.9 Å². The highest BCUT2D eigenvalue weighted by molar-refractivity contribution is 6.38. The predicted molar refractivity (Wildman–Crippen MR) is 162 cm³/mol. The van der Waals surface area contributed by atoms with Gasteiger partial charge in [-0.1, -0.05) is 29.8 Å². The van der Waals surface area contributed by atoms with Crippen molar-refractivity contribution in [3.8, 4) is 5.75 Å². The number of hydrogen-bond acceptors (Lipinski definition) is 14. The molecule has 0 aromatic heterocycles. The molecule has 1 unspecified atom stereocenters. The minimum absolute atomic E-state index is 0.122. The monoisotopic (exact) mass is 659 g/mol. The van der Waals surface area contributed by atoms with Crippen LogP contribution in [-0.2, 0) is 47.7 Å². The summed E-state index contributed by atoms with van der Waals surface area (Å²) in [5.41, 5.74) is 1.07. The lowest BCUT2D eigenvalue weighted by molar-refractivity contribution is -0.282. The maximum Gasteiger partial charge on any atom is 0.305 e. The van der Waals surface area contributed by atoms with Crippen LogP contribution in [0.4, 0.5) is 5.69 Å². The van der Waals surface area contributed by atoms with Crippen molar-refractivity contribution in [1.29, 1.82) is 0 Å². The number of carbonyl (C=O) groups excluding carboxylic acids is 5. The van der Waals surface area contributed by atoms with E-state index < -0.39 is 73.1 Å². The number of amidine groups is 1. The van der Waals surface area contributed by atoms with E-state index in [1.807, 2.05) is 0 Å². The van der Waals surface area contributed by atoms with Crippen LogP contribution in [0.2, 0.25) is 5.02 Å². The molecule has 46 heavy (non-hydrogen) atoms. The van der Waals surface area contributed by atoms with Gasteiger partial charge in [0.2, 0.25) is 6.29 Å². The van der Waals surface area contributed by atoms with Gasteiger partial charge in [0.25, 0.3) is 0 Å². The fourth-order valence-electron chi connectivity index (χ4n) is 5.33. The number of esters is 4. The first-order chi connectivity index (χ1) is 21.8. The van der Waals surface area contributed by atoms with E-state index in [4.69, 9.17) is 40.0 Å². The molecule has 4 rings (SSSR count). The quantitative estimate of drug-likeness (QED) is 0.271. The maximum atomic E-state index is 13.3. The molecule has 0 radical (unpaired) electrons. The lowest BCUT2D eigenvalue weighted by Crippen LogP contribution is -2.68. The van der Waals surface area contributed by atoms with E-state index in [9.17, 15) is 24.0 Å². The number of methoxy groups -OCH3 is 1. The van der Waals surface area contributed by atoms with Crippen molar-refractivity contribution < 1.29 is 52.4 Å². The number of hydrazone groups is 1. The molecule has 0 amide bonds. The predicted octanol–water partition coefficient (Wildman–Crippen LogP) is 3.16. The minimum atomic E-state index is -1.56. The SMILES string of the molecule is COc1ccc(C2N(c3cccc(Cl)c3)N=C(C(C)=O)N2[C@@H]2[C@@H](OC(C)=O)O[C@@H](COC(C)=O)[C@H](OC(C)=O)[C@H]2OC(C)=O)cc1. The van der Waals surface area contributed by atoms with Crippen molar-refractivity contribution in [2.75, 3.05) is 18.7 Å². The summed E-state index contributed by atoms with van der Waals surface area (Å²) in [5, 5.41) is 6.60. The van der Waals surface area contributed by atoms with Crippen LogP contribution in [0.25, 0.3) is 0 Å². The van der Waals surface area contributed by atoms with Crippen LogP contribution in [0, 0.1) is 0 Å². The highest BCUT2D eigenvalue weighted by Crippen LogP contribution is 2.43. The highest BCUT2D eigenvalue weighted by Gasteiger charge is 2.58. The zero-order valence-corrected chi connectivity index (χ0v) is 26.8. The van der Waals surface area contributed by atoms with Crippen LogP contribution < -0.4 is 9.75 Å². The number of ketones is 1. The fourth-order valence-corrected chi connectivity index (χ4v) is 5.52. The molecule has 246 valence electrons. The first-order valence-electron chi connectivity index (χ1n) is 14.2. The van der Waals surface area contributed by atoms with Crippen LogP contribution in [0.1, 0.15) is 46.3 Å². The van der Waals surface area contributed by atoms with Gasteiger partial charge in [0.1, 0.15) is 24.5 Å². The van der Waals surface area contributed by atoms with Crippen molar-refractivity contribution >= 4 is 52.8 Å². The van der Waals surface area contributed by atoms with Gasteiger partial charge in [-0.15, -0.1) is 5.10 Å². The van der Waals surface area contributed by atoms with Gasteiger partial charge in [-0.25, -0.2) is 5.01 Å². The average molecular weight is 660 g/mol. The molecule has 0 bridgehead atoms. The third-order valence-electron chi connectivity index (χ3n) is 7.02. The van der Waals surface area contributed by atoms with Gasteiger partial charge >= 0.3 is 23.9 Å². The molecule has 0 spiro atoms. The Hall–Kier alpha value is -4.69. The maximum absolute atomic E-state index is 13.3. The molecule has 1 saturated heterocycles. The fraction of sp³-hybridized carbons (Fsp3) is 0.419. The molecule has 2 aliphatic rings. The van der Waals surface area contributed by atoms with E-state index in [1.54, 1.807) is 48.5 Å². The largest absolute Gasteiger partial charge is 0.497 e. The second-order valence-electron chi connectivity index (χ2n) is 10.5. The lowest BCUT2D eigenvalue weighted by Gasteiger charge is -2.49. The number of Topliss-reactive ketones (excluding diaryl/α,β-unsaturated/α-hetero) is 1. The van der Waals surface area contributed by atoms with Crippen molar-refractivity contribution in [2.24, 2.45) is 5.10 Å². The number of hydrogen-bond donors (Lipinski definition) is 0. The zero-order valence-electron chi connectivity index (χ0n) is 26.0. The van der Waals surface area contributed by atoms with Crippen molar-refractivity contribution in [3.63, 3.8) is 0 Å². The van der Waals surface area contributed by atoms with E-state index >= 15 is 0 Å². The third kappa shape index (κ3) is 7.74. The summed E-state index contributed by atoms with van der Waals surface area (Å²) in [6.45, 7) is 5.44. The van der Waals surface area contributed by atoms with Crippen LogP contribution >= 0.6 is 11.6 Å². The van der Waals surface area contributed by atoms with Crippen LogP contribution in [0.5, 0.6) is 5.75 Å². The number of carbonyl (C=O) groups is 5. The standard InChI is InChI=1S/C31H34ClN3O11/c1-16(36)29-33-35(23-9-7-8-22(32)14-23)30(21-10-12-24(41-6)13-11-21)34(29)26-28(44-19(4)39)27(43-18(3)38)25(15-42-17(2)37)46-31(26)45-20(5)40/h7-14,25-28,30-31H,15H2,1-6H3/t25-,26-,27-,28-,30?,31-/m0/s1. The smallest absolute Gasteiger partial charge is 0.305 e. The second-order valence-corrected chi connectivity index (χ2v) is 10.9. The Balaban J connectivity index is 1.97. The summed E-state index contributed by atoms with van der Waals surface area (Å²) < 4.78 is 33.7.